The molecular formula is C12H14F4N2O2S. The van der Waals surface area contributed by atoms with Crippen LogP contribution in [0.15, 0.2) is 23.1 Å². The summed E-state index contributed by atoms with van der Waals surface area (Å²) < 4.78 is 76.9. The fourth-order valence-corrected chi connectivity index (χ4v) is 3.51. The Morgan fingerprint density at radius 2 is 1.67 bits per heavy atom. The Labute approximate surface area is 120 Å². The SMILES string of the molecule is CN1CCN(S(=O)(=O)c2ccc(F)c(C(F)(F)F)c2)CC1. The van der Waals surface area contributed by atoms with Gasteiger partial charge in [-0.2, -0.15) is 17.5 Å². The third-order valence-electron chi connectivity index (χ3n) is 3.34. The lowest BCUT2D eigenvalue weighted by atomic mass is 10.2. The summed E-state index contributed by atoms with van der Waals surface area (Å²) in [6, 6.07) is 1.74. The number of halogens is 4. The van der Waals surface area contributed by atoms with Gasteiger partial charge in [0.15, 0.2) is 0 Å². The molecule has 0 atom stereocenters. The molecule has 1 saturated heterocycles. The van der Waals surface area contributed by atoms with E-state index in [-0.39, 0.29) is 13.1 Å². The summed E-state index contributed by atoms with van der Waals surface area (Å²) in [6.07, 6.45) is -4.93. The van der Waals surface area contributed by atoms with Crippen LogP contribution < -0.4 is 0 Å². The zero-order valence-corrected chi connectivity index (χ0v) is 12.0. The maximum Gasteiger partial charge on any atom is 0.419 e. The molecule has 4 nitrogen and oxygen atoms in total. The van der Waals surface area contributed by atoms with Crippen LogP contribution in [0.4, 0.5) is 17.6 Å². The van der Waals surface area contributed by atoms with Gasteiger partial charge in [-0.25, -0.2) is 12.8 Å². The molecule has 0 aromatic heterocycles. The second-order valence-electron chi connectivity index (χ2n) is 4.85. The first-order valence-electron chi connectivity index (χ1n) is 6.18. The van der Waals surface area contributed by atoms with E-state index in [1.165, 1.54) is 0 Å². The maximum absolute atomic E-state index is 13.2. The molecular weight excluding hydrogens is 312 g/mol. The summed E-state index contributed by atoms with van der Waals surface area (Å²) in [6.45, 7) is 1.37. The van der Waals surface area contributed by atoms with Gasteiger partial charge in [-0.05, 0) is 25.2 Å². The molecule has 0 saturated carbocycles. The van der Waals surface area contributed by atoms with Gasteiger partial charge in [0.2, 0.25) is 10.0 Å². The van der Waals surface area contributed by atoms with E-state index in [2.05, 4.69) is 0 Å². The van der Waals surface area contributed by atoms with Crippen molar-refractivity contribution in [3.63, 3.8) is 0 Å². The lowest BCUT2D eigenvalue weighted by molar-refractivity contribution is -0.140. The summed E-state index contributed by atoms with van der Waals surface area (Å²) in [7, 11) is -2.22. The topological polar surface area (TPSA) is 40.6 Å². The molecule has 0 bridgehead atoms. The first-order chi connectivity index (χ1) is 9.62. The summed E-state index contributed by atoms with van der Waals surface area (Å²) in [4.78, 5) is 1.37. The predicted octanol–water partition coefficient (Wildman–Crippen LogP) is 1.78. The lowest BCUT2D eigenvalue weighted by Crippen LogP contribution is -2.47. The van der Waals surface area contributed by atoms with Crippen LogP contribution in [0.2, 0.25) is 0 Å². The Hall–Kier alpha value is -1.19. The second kappa shape index (κ2) is 5.54. The second-order valence-corrected chi connectivity index (χ2v) is 6.78. The number of rotatable bonds is 2. The molecule has 0 N–H and O–H groups in total. The van der Waals surface area contributed by atoms with Crippen LogP contribution in [0.25, 0.3) is 0 Å². The average molecular weight is 326 g/mol. The molecule has 9 heteroatoms. The molecule has 0 aliphatic carbocycles. The number of benzene rings is 1. The lowest BCUT2D eigenvalue weighted by Gasteiger charge is -2.31. The van der Waals surface area contributed by atoms with Crippen LogP contribution in [-0.2, 0) is 16.2 Å². The van der Waals surface area contributed by atoms with Crippen LogP contribution in [0.3, 0.4) is 0 Å². The Bertz CT molecular complexity index is 623. The van der Waals surface area contributed by atoms with Crippen LogP contribution in [0.1, 0.15) is 5.56 Å². The van der Waals surface area contributed by atoms with E-state index in [0.717, 1.165) is 10.4 Å². The molecule has 1 aliphatic heterocycles. The molecule has 0 amide bonds. The van der Waals surface area contributed by atoms with E-state index < -0.39 is 32.5 Å². The van der Waals surface area contributed by atoms with Gasteiger partial charge in [-0.1, -0.05) is 0 Å². The third-order valence-corrected chi connectivity index (χ3v) is 5.24. The Morgan fingerprint density at radius 1 is 1.10 bits per heavy atom. The molecule has 1 aromatic rings. The summed E-state index contributed by atoms with van der Waals surface area (Å²) in [5, 5.41) is 0. The van der Waals surface area contributed by atoms with Gasteiger partial charge in [-0.15, -0.1) is 0 Å². The van der Waals surface area contributed by atoms with E-state index in [4.69, 9.17) is 0 Å². The van der Waals surface area contributed by atoms with Crippen LogP contribution in [0, 0.1) is 5.82 Å². The molecule has 0 radical (unpaired) electrons. The van der Waals surface area contributed by atoms with Crippen molar-refractivity contribution in [2.24, 2.45) is 0 Å². The molecule has 1 aromatic carbocycles. The van der Waals surface area contributed by atoms with Gasteiger partial charge in [0.25, 0.3) is 0 Å². The number of nitrogens with zero attached hydrogens (tertiary/aromatic N) is 2. The van der Waals surface area contributed by atoms with Crippen molar-refractivity contribution >= 4 is 10.0 Å². The van der Waals surface area contributed by atoms with Crippen LogP contribution in [-0.4, -0.2) is 50.8 Å². The Balaban J connectivity index is 2.37. The predicted molar refractivity (Wildman–Crippen MR) is 67.7 cm³/mol. The highest BCUT2D eigenvalue weighted by molar-refractivity contribution is 7.89. The minimum Gasteiger partial charge on any atom is -0.304 e. The molecule has 1 heterocycles. The zero-order valence-electron chi connectivity index (χ0n) is 11.2. The highest BCUT2D eigenvalue weighted by atomic mass is 32.2. The Kier molecular flexibility index (Phi) is 4.27. The molecule has 118 valence electrons. The van der Waals surface area contributed by atoms with Crippen molar-refractivity contribution in [2.45, 2.75) is 11.1 Å². The standard InChI is InChI=1S/C12H14F4N2O2S/c1-17-4-6-18(7-5-17)21(19,20)9-2-3-11(13)10(8-9)12(14,15)16/h2-3,8H,4-7H2,1H3. The highest BCUT2D eigenvalue weighted by Crippen LogP contribution is 2.33. The summed E-state index contributed by atoms with van der Waals surface area (Å²) >= 11 is 0. The van der Waals surface area contributed by atoms with Crippen molar-refractivity contribution in [3.8, 4) is 0 Å². The van der Waals surface area contributed by atoms with Gasteiger partial charge in [-0.3, -0.25) is 0 Å². The smallest absolute Gasteiger partial charge is 0.304 e. The fourth-order valence-electron chi connectivity index (χ4n) is 2.06. The normalized spacial score (nSPS) is 18.9. The third kappa shape index (κ3) is 3.35. The molecule has 21 heavy (non-hydrogen) atoms. The van der Waals surface area contributed by atoms with Crippen molar-refractivity contribution < 1.29 is 26.0 Å². The van der Waals surface area contributed by atoms with Gasteiger partial charge >= 0.3 is 6.18 Å². The van der Waals surface area contributed by atoms with E-state index in [9.17, 15) is 26.0 Å². The van der Waals surface area contributed by atoms with Crippen molar-refractivity contribution in [2.75, 3.05) is 33.2 Å². The number of sulfonamides is 1. The number of alkyl halides is 3. The van der Waals surface area contributed by atoms with Crippen LogP contribution in [0.5, 0.6) is 0 Å². The minimum absolute atomic E-state index is 0.192. The van der Waals surface area contributed by atoms with E-state index in [0.29, 0.717) is 25.2 Å². The van der Waals surface area contributed by atoms with Crippen molar-refractivity contribution in [3.05, 3.63) is 29.6 Å². The number of hydrogen-bond donors (Lipinski definition) is 0. The number of piperazine rings is 1. The molecule has 1 aliphatic rings. The van der Waals surface area contributed by atoms with Crippen LogP contribution >= 0.6 is 0 Å². The highest BCUT2D eigenvalue weighted by Gasteiger charge is 2.36. The van der Waals surface area contributed by atoms with E-state index >= 15 is 0 Å². The van der Waals surface area contributed by atoms with Gasteiger partial charge in [0, 0.05) is 26.2 Å². The average Bonchev–Trinajstić information content (AvgIpc) is 2.38. The van der Waals surface area contributed by atoms with Gasteiger partial charge in [0.05, 0.1) is 10.5 Å². The first kappa shape index (κ1) is 16.2. The molecule has 1 fully saturated rings. The summed E-state index contributed by atoms with van der Waals surface area (Å²) in [5.41, 5.74) is -1.57. The van der Waals surface area contributed by atoms with Gasteiger partial charge < -0.3 is 4.90 Å². The van der Waals surface area contributed by atoms with Crippen molar-refractivity contribution in [1.29, 1.82) is 0 Å². The maximum atomic E-state index is 13.2. The number of hydrogen-bond acceptors (Lipinski definition) is 3. The van der Waals surface area contributed by atoms with Crippen molar-refractivity contribution in [1.82, 2.24) is 9.21 Å². The fraction of sp³-hybridized carbons (Fsp3) is 0.500. The minimum atomic E-state index is -4.93. The number of likely N-dealkylation sites (N-methyl/N-ethyl adjacent to an activating group) is 1. The molecule has 0 spiro atoms. The molecule has 0 unspecified atom stereocenters. The monoisotopic (exact) mass is 326 g/mol. The summed E-state index contributed by atoms with van der Waals surface area (Å²) in [5.74, 6) is -1.49. The molecule has 2 rings (SSSR count). The van der Waals surface area contributed by atoms with E-state index in [1.807, 2.05) is 11.9 Å². The first-order valence-corrected chi connectivity index (χ1v) is 7.62. The quantitative estimate of drug-likeness (QED) is 0.778. The Morgan fingerprint density at radius 3 is 2.19 bits per heavy atom. The van der Waals surface area contributed by atoms with E-state index in [1.54, 1.807) is 0 Å². The largest absolute Gasteiger partial charge is 0.419 e. The zero-order chi connectivity index (χ0) is 15.8. The van der Waals surface area contributed by atoms with Gasteiger partial charge in [0.1, 0.15) is 5.82 Å².